The van der Waals surface area contributed by atoms with Gasteiger partial charge in [0.1, 0.15) is 11.6 Å². The zero-order valence-corrected chi connectivity index (χ0v) is 39.7. The van der Waals surface area contributed by atoms with Crippen LogP contribution in [-0.2, 0) is 0 Å². The molecular formula is C63H53N5. The molecule has 0 fully saturated rings. The average molecular weight is 880 g/mol. The fourth-order valence-electron chi connectivity index (χ4n) is 11.2. The van der Waals surface area contributed by atoms with Gasteiger partial charge in [-0.15, -0.1) is 0 Å². The molecule has 5 heteroatoms. The van der Waals surface area contributed by atoms with Gasteiger partial charge in [-0.3, -0.25) is 9.13 Å². The maximum Gasteiger partial charge on any atom is 0.147 e. The van der Waals surface area contributed by atoms with Crippen molar-refractivity contribution >= 4 is 54.6 Å². The minimum atomic E-state index is 0.388. The van der Waals surface area contributed by atoms with Crippen molar-refractivity contribution in [1.82, 2.24) is 24.1 Å². The van der Waals surface area contributed by atoms with Crippen LogP contribution in [0.5, 0.6) is 0 Å². The highest BCUT2D eigenvalue weighted by Gasteiger charge is 2.24. The van der Waals surface area contributed by atoms with Gasteiger partial charge in [0, 0.05) is 50.1 Å². The SMILES string of the molecule is Cc1cc(C)c(-c2cc(-c3ccc4c5ccccc5n(-c5ccccn5)c4c3)c3nc(-c4cccc5c4[nH]c4ccccc45)n(-c4ccc(-c5c(C(C)C)cccc5C(C)C)cc4)c3c2)c(C)c1. The lowest BCUT2D eigenvalue weighted by Crippen LogP contribution is -2.01. The number of aromatic nitrogens is 5. The topological polar surface area (TPSA) is 51.4 Å². The number of benzene rings is 8. The number of aryl methyl sites for hydroxylation is 3. The standard InChI is InChI=1S/C63H53N5/c1-37(2)46-18-14-19-47(38(3)4)60(46)42-25-28-45(29-26-42)67-57-36-44(59-40(6)32-39(5)33-41(59)7)34-53(62(57)66-63(67)52-21-15-20-51-48-16-8-10-22-54(48)65-61(51)52)43-27-30-50-49-17-9-11-23-55(49)68(56(50)35-43)58-24-12-13-31-64-58/h8-38,65H,1-7H3. The van der Waals surface area contributed by atoms with Gasteiger partial charge < -0.3 is 4.98 Å². The smallest absolute Gasteiger partial charge is 0.147 e. The van der Waals surface area contributed by atoms with Gasteiger partial charge in [0.15, 0.2) is 0 Å². The number of nitrogens with one attached hydrogen (secondary N) is 1. The second kappa shape index (κ2) is 16.1. The molecule has 0 radical (unpaired) electrons. The predicted molar refractivity (Wildman–Crippen MR) is 287 cm³/mol. The molecule has 0 aliphatic rings. The molecule has 12 rings (SSSR count). The van der Waals surface area contributed by atoms with Gasteiger partial charge in [-0.2, -0.15) is 0 Å². The second-order valence-corrected chi connectivity index (χ2v) is 19.3. The maximum absolute atomic E-state index is 5.83. The Morgan fingerprint density at radius 2 is 1.12 bits per heavy atom. The Morgan fingerprint density at radius 3 is 1.85 bits per heavy atom. The van der Waals surface area contributed by atoms with Gasteiger partial charge in [0.2, 0.25) is 0 Å². The number of fused-ring (bicyclic) bond motifs is 7. The number of aromatic amines is 1. The fraction of sp³-hybridized carbons (Fsp3) is 0.143. The van der Waals surface area contributed by atoms with E-state index < -0.39 is 0 Å². The van der Waals surface area contributed by atoms with E-state index in [0.717, 1.165) is 72.7 Å². The number of nitrogens with zero attached hydrogens (tertiary/aromatic N) is 4. The predicted octanol–water partition coefficient (Wildman–Crippen LogP) is 17.0. The third-order valence-corrected chi connectivity index (χ3v) is 14.2. The molecule has 4 aromatic heterocycles. The second-order valence-electron chi connectivity index (χ2n) is 19.3. The largest absolute Gasteiger partial charge is 0.354 e. The van der Waals surface area contributed by atoms with Crippen LogP contribution in [0.2, 0.25) is 0 Å². The van der Waals surface area contributed by atoms with Gasteiger partial charge in [-0.25, -0.2) is 9.97 Å². The van der Waals surface area contributed by atoms with Crippen LogP contribution in [0.15, 0.2) is 176 Å². The number of rotatable bonds is 8. The Morgan fingerprint density at radius 1 is 0.471 bits per heavy atom. The quantitative estimate of drug-likeness (QED) is 0.165. The molecule has 1 N–H and O–H groups in total. The van der Waals surface area contributed by atoms with Crippen LogP contribution in [-0.4, -0.2) is 24.1 Å². The summed E-state index contributed by atoms with van der Waals surface area (Å²) in [4.78, 5) is 14.5. The van der Waals surface area contributed by atoms with Crippen LogP contribution in [0.1, 0.15) is 67.3 Å². The lowest BCUT2D eigenvalue weighted by molar-refractivity contribution is 0.838. The van der Waals surface area contributed by atoms with Crippen LogP contribution < -0.4 is 0 Å². The molecule has 4 heterocycles. The average Bonchev–Trinajstić information content (AvgIpc) is 4.03. The molecule has 0 amide bonds. The zero-order chi connectivity index (χ0) is 46.4. The van der Waals surface area contributed by atoms with E-state index in [2.05, 4.69) is 226 Å². The first-order chi connectivity index (χ1) is 33.1. The highest BCUT2D eigenvalue weighted by Crippen LogP contribution is 2.44. The molecule has 330 valence electrons. The number of hydrogen-bond acceptors (Lipinski definition) is 2. The fourth-order valence-corrected chi connectivity index (χ4v) is 11.2. The molecule has 0 saturated carbocycles. The van der Waals surface area contributed by atoms with E-state index in [1.807, 2.05) is 12.3 Å². The van der Waals surface area contributed by atoms with E-state index in [9.17, 15) is 0 Å². The van der Waals surface area contributed by atoms with Gasteiger partial charge in [-0.1, -0.05) is 142 Å². The van der Waals surface area contributed by atoms with E-state index >= 15 is 0 Å². The number of imidazole rings is 1. The minimum absolute atomic E-state index is 0.388. The van der Waals surface area contributed by atoms with Crippen molar-refractivity contribution in [1.29, 1.82) is 0 Å². The summed E-state index contributed by atoms with van der Waals surface area (Å²) in [7, 11) is 0. The first-order valence-electron chi connectivity index (χ1n) is 24.0. The summed E-state index contributed by atoms with van der Waals surface area (Å²) < 4.78 is 4.71. The number of hydrogen-bond donors (Lipinski definition) is 1. The van der Waals surface area contributed by atoms with Gasteiger partial charge >= 0.3 is 0 Å². The van der Waals surface area contributed by atoms with Crippen molar-refractivity contribution in [3.05, 3.63) is 204 Å². The Hall–Kier alpha value is -8.02. The van der Waals surface area contributed by atoms with Gasteiger partial charge in [0.05, 0.1) is 27.6 Å². The summed E-state index contributed by atoms with van der Waals surface area (Å²) >= 11 is 0. The van der Waals surface area contributed by atoms with E-state index in [-0.39, 0.29) is 0 Å². The van der Waals surface area contributed by atoms with Crippen molar-refractivity contribution < 1.29 is 0 Å². The Labute approximate surface area is 397 Å². The van der Waals surface area contributed by atoms with Crippen molar-refractivity contribution in [2.45, 2.75) is 60.3 Å². The molecule has 8 aromatic carbocycles. The molecule has 0 saturated heterocycles. The van der Waals surface area contributed by atoms with Gasteiger partial charge in [0.25, 0.3) is 0 Å². The third kappa shape index (κ3) is 6.59. The van der Waals surface area contributed by atoms with Crippen molar-refractivity contribution in [2.24, 2.45) is 0 Å². The minimum Gasteiger partial charge on any atom is -0.354 e. The molecule has 5 nitrogen and oxygen atoms in total. The molecule has 0 bridgehead atoms. The molecule has 12 aromatic rings. The summed E-state index contributed by atoms with van der Waals surface area (Å²) in [6, 6.07) is 62.4. The number of para-hydroxylation sites is 3. The molecular weight excluding hydrogens is 827 g/mol. The van der Waals surface area contributed by atoms with Crippen LogP contribution in [0.4, 0.5) is 0 Å². The number of H-pyrrole nitrogens is 1. The third-order valence-electron chi connectivity index (χ3n) is 14.2. The summed E-state index contributed by atoms with van der Waals surface area (Å²) in [5, 5.41) is 4.76. The highest BCUT2D eigenvalue weighted by molar-refractivity contribution is 6.13. The number of pyridine rings is 1. The summed E-state index contributed by atoms with van der Waals surface area (Å²) in [5.74, 6) is 2.55. The first kappa shape index (κ1) is 41.4. The molecule has 0 spiro atoms. The summed E-state index contributed by atoms with van der Waals surface area (Å²) in [5.41, 5.74) is 22.2. The van der Waals surface area contributed by atoms with E-state index in [1.165, 1.54) is 66.1 Å². The van der Waals surface area contributed by atoms with Crippen molar-refractivity contribution in [3.8, 4) is 56.3 Å². The van der Waals surface area contributed by atoms with Crippen LogP contribution in [0, 0.1) is 20.8 Å². The van der Waals surface area contributed by atoms with Gasteiger partial charge in [-0.05, 0) is 143 Å². The summed E-state index contributed by atoms with van der Waals surface area (Å²) in [6.07, 6.45) is 1.87. The van der Waals surface area contributed by atoms with Crippen LogP contribution >= 0.6 is 0 Å². The van der Waals surface area contributed by atoms with Crippen molar-refractivity contribution in [2.75, 3.05) is 0 Å². The van der Waals surface area contributed by atoms with E-state index in [1.54, 1.807) is 0 Å². The normalized spacial score (nSPS) is 12.0. The maximum atomic E-state index is 5.83. The molecule has 0 unspecified atom stereocenters. The molecule has 0 aliphatic heterocycles. The van der Waals surface area contributed by atoms with E-state index in [0.29, 0.717) is 11.8 Å². The van der Waals surface area contributed by atoms with Crippen LogP contribution in [0.3, 0.4) is 0 Å². The Bertz CT molecular complexity index is 3880. The zero-order valence-electron chi connectivity index (χ0n) is 39.7. The molecule has 0 aliphatic carbocycles. The van der Waals surface area contributed by atoms with Crippen LogP contribution in [0.25, 0.3) is 111 Å². The molecule has 0 atom stereocenters. The Kier molecular flexibility index (Phi) is 9.80. The Balaban J connectivity index is 1.18. The summed E-state index contributed by atoms with van der Waals surface area (Å²) in [6.45, 7) is 15.9. The van der Waals surface area contributed by atoms with Crippen molar-refractivity contribution in [3.63, 3.8) is 0 Å². The lowest BCUT2D eigenvalue weighted by Gasteiger charge is -2.20. The first-order valence-corrected chi connectivity index (χ1v) is 24.0. The molecule has 68 heavy (non-hydrogen) atoms. The lowest BCUT2D eigenvalue weighted by atomic mass is 9.85. The monoisotopic (exact) mass is 879 g/mol. The highest BCUT2D eigenvalue weighted by atomic mass is 15.1. The van der Waals surface area contributed by atoms with E-state index in [4.69, 9.17) is 9.97 Å².